The van der Waals surface area contributed by atoms with E-state index in [9.17, 15) is 14.7 Å². The molecule has 0 spiro atoms. The Balaban J connectivity index is 1.66. The van der Waals surface area contributed by atoms with Crippen molar-refractivity contribution < 1.29 is 19.4 Å². The van der Waals surface area contributed by atoms with Gasteiger partial charge >= 0.3 is 5.91 Å². The maximum atomic E-state index is 13.3. The Morgan fingerprint density at radius 2 is 1.88 bits per heavy atom. The van der Waals surface area contributed by atoms with Crippen LogP contribution in [0.3, 0.4) is 0 Å². The van der Waals surface area contributed by atoms with Gasteiger partial charge in [0.05, 0.1) is 11.6 Å². The standard InChI is InChI=1S/C27H26N2O4S/c1-15-13-18-14-17(7-10-20(18)33-15)23(30)21-22(16-5-8-19(9-6-16)27(2,3)4)29(25(32)24(21)31)26-28-11-12-34-26/h5-12,14-15,22,30H,13H2,1-4H3/b23-21+/t15-,22-/m0/s1. The summed E-state index contributed by atoms with van der Waals surface area (Å²) in [6.45, 7) is 8.37. The lowest BCUT2D eigenvalue weighted by Crippen LogP contribution is -2.29. The normalized spacial score (nSPS) is 21.6. The van der Waals surface area contributed by atoms with Gasteiger partial charge in [0.15, 0.2) is 5.13 Å². The number of fused-ring (bicyclic) bond motifs is 1. The number of anilines is 1. The van der Waals surface area contributed by atoms with Crippen LogP contribution < -0.4 is 9.64 Å². The third kappa shape index (κ3) is 3.70. The average Bonchev–Trinajstić information content (AvgIpc) is 3.50. The fraction of sp³-hybridized carbons (Fsp3) is 0.296. The lowest BCUT2D eigenvalue weighted by atomic mass is 9.85. The molecule has 2 aliphatic heterocycles. The highest BCUT2D eigenvalue weighted by atomic mass is 32.1. The van der Waals surface area contributed by atoms with E-state index in [0.717, 1.165) is 28.9 Å². The SMILES string of the molecule is C[C@H]1Cc2cc(/C(O)=C3\C(=O)C(=O)N(c4nccs4)[C@H]3c3ccc(C(C)(C)C)cc3)ccc2O1. The second kappa shape index (κ2) is 8.09. The molecule has 34 heavy (non-hydrogen) atoms. The van der Waals surface area contributed by atoms with Crippen molar-refractivity contribution in [3.63, 3.8) is 0 Å². The number of aromatic nitrogens is 1. The second-order valence-electron chi connectivity index (χ2n) is 9.81. The Labute approximate surface area is 202 Å². The Bertz CT molecular complexity index is 1300. The van der Waals surface area contributed by atoms with E-state index < -0.39 is 17.7 Å². The smallest absolute Gasteiger partial charge is 0.301 e. The van der Waals surface area contributed by atoms with Crippen molar-refractivity contribution >= 4 is 33.9 Å². The molecule has 0 radical (unpaired) electrons. The number of hydrogen-bond donors (Lipinski definition) is 1. The van der Waals surface area contributed by atoms with E-state index in [2.05, 4.69) is 25.8 Å². The van der Waals surface area contributed by atoms with Gasteiger partial charge in [-0.05, 0) is 47.2 Å². The molecule has 3 aromatic rings. The van der Waals surface area contributed by atoms with E-state index in [-0.39, 0.29) is 22.9 Å². The van der Waals surface area contributed by atoms with Crippen LogP contribution in [0.15, 0.2) is 59.6 Å². The number of ether oxygens (including phenoxy) is 1. The van der Waals surface area contributed by atoms with E-state index in [1.165, 1.54) is 16.2 Å². The summed E-state index contributed by atoms with van der Waals surface area (Å²) < 4.78 is 5.77. The molecule has 2 aliphatic rings. The van der Waals surface area contributed by atoms with Gasteiger partial charge in [-0.15, -0.1) is 11.3 Å². The topological polar surface area (TPSA) is 79.7 Å². The van der Waals surface area contributed by atoms with Gasteiger partial charge in [0.2, 0.25) is 0 Å². The molecule has 7 heteroatoms. The maximum Gasteiger partial charge on any atom is 0.301 e. The number of carbonyl (C=O) groups excluding carboxylic acids is 2. The number of rotatable bonds is 3. The van der Waals surface area contributed by atoms with Gasteiger partial charge < -0.3 is 9.84 Å². The average molecular weight is 475 g/mol. The number of benzene rings is 2. The molecular formula is C27H26N2O4S. The summed E-state index contributed by atoms with van der Waals surface area (Å²) in [5, 5.41) is 13.5. The number of Topliss-reactive ketones (excluding diaryl/α,β-unsaturated/α-hetero) is 1. The highest BCUT2D eigenvalue weighted by Gasteiger charge is 2.48. The summed E-state index contributed by atoms with van der Waals surface area (Å²) in [5.74, 6) is -0.825. The Hall–Kier alpha value is -3.45. The number of carbonyl (C=O) groups is 2. The van der Waals surface area contributed by atoms with Crippen LogP contribution in [0.2, 0.25) is 0 Å². The van der Waals surface area contributed by atoms with Crippen LogP contribution in [0.1, 0.15) is 56.0 Å². The van der Waals surface area contributed by atoms with Crippen molar-refractivity contribution in [3.05, 3.63) is 81.9 Å². The van der Waals surface area contributed by atoms with Crippen LogP contribution in [0.5, 0.6) is 5.75 Å². The van der Waals surface area contributed by atoms with Gasteiger partial charge in [-0.25, -0.2) is 4.98 Å². The Morgan fingerprint density at radius 1 is 1.15 bits per heavy atom. The zero-order valence-electron chi connectivity index (χ0n) is 19.5. The van der Waals surface area contributed by atoms with Crippen molar-refractivity contribution in [2.45, 2.75) is 51.7 Å². The monoisotopic (exact) mass is 474 g/mol. The highest BCUT2D eigenvalue weighted by molar-refractivity contribution is 7.14. The highest BCUT2D eigenvalue weighted by Crippen LogP contribution is 2.43. The minimum atomic E-state index is -0.774. The molecule has 2 atom stereocenters. The van der Waals surface area contributed by atoms with Gasteiger partial charge in [0.25, 0.3) is 5.78 Å². The first-order valence-corrected chi connectivity index (χ1v) is 12.1. The molecule has 3 heterocycles. The molecule has 0 bridgehead atoms. The summed E-state index contributed by atoms with van der Waals surface area (Å²) in [6.07, 6.45) is 2.38. The third-order valence-corrected chi connectivity index (χ3v) is 7.10. The Kier molecular flexibility index (Phi) is 5.32. The summed E-state index contributed by atoms with van der Waals surface area (Å²) in [7, 11) is 0. The first-order chi connectivity index (χ1) is 16.1. The van der Waals surface area contributed by atoms with Crippen LogP contribution in [-0.4, -0.2) is 27.9 Å². The Morgan fingerprint density at radius 3 is 2.53 bits per heavy atom. The molecule has 1 amide bonds. The molecule has 0 saturated carbocycles. The van der Waals surface area contributed by atoms with Crippen molar-refractivity contribution in [1.82, 2.24) is 4.98 Å². The molecule has 5 rings (SSSR count). The predicted molar refractivity (Wildman–Crippen MR) is 132 cm³/mol. The number of nitrogens with zero attached hydrogens (tertiary/aromatic N) is 2. The lowest BCUT2D eigenvalue weighted by molar-refractivity contribution is -0.132. The van der Waals surface area contributed by atoms with Gasteiger partial charge in [-0.1, -0.05) is 45.0 Å². The van der Waals surface area contributed by atoms with Crippen LogP contribution in [0, 0.1) is 0 Å². The zero-order chi connectivity index (χ0) is 24.2. The van der Waals surface area contributed by atoms with Crippen LogP contribution in [0.4, 0.5) is 5.13 Å². The fourth-order valence-electron chi connectivity index (χ4n) is 4.57. The third-order valence-electron chi connectivity index (χ3n) is 6.33. The molecule has 1 fully saturated rings. The number of ketones is 1. The molecule has 1 aromatic heterocycles. The number of hydrogen-bond acceptors (Lipinski definition) is 6. The largest absolute Gasteiger partial charge is 0.507 e. The first-order valence-electron chi connectivity index (χ1n) is 11.3. The fourth-order valence-corrected chi connectivity index (χ4v) is 5.24. The van der Waals surface area contributed by atoms with Crippen molar-refractivity contribution in [1.29, 1.82) is 0 Å². The van der Waals surface area contributed by atoms with Crippen molar-refractivity contribution in [2.75, 3.05) is 4.90 Å². The molecule has 1 saturated heterocycles. The van der Waals surface area contributed by atoms with Gasteiger partial charge in [-0.2, -0.15) is 0 Å². The van der Waals surface area contributed by atoms with Crippen molar-refractivity contribution in [2.24, 2.45) is 0 Å². The number of aliphatic hydroxyl groups is 1. The van der Waals surface area contributed by atoms with E-state index in [1.54, 1.807) is 23.7 Å². The molecule has 1 N–H and O–H groups in total. The van der Waals surface area contributed by atoms with E-state index in [0.29, 0.717) is 10.7 Å². The second-order valence-corrected chi connectivity index (χ2v) is 10.7. The van der Waals surface area contributed by atoms with E-state index >= 15 is 0 Å². The quantitative estimate of drug-likeness (QED) is 0.313. The molecule has 2 aromatic carbocycles. The van der Waals surface area contributed by atoms with Crippen LogP contribution in [0.25, 0.3) is 5.76 Å². The van der Waals surface area contributed by atoms with Gasteiger partial charge in [0.1, 0.15) is 17.6 Å². The molecule has 0 unspecified atom stereocenters. The molecular weight excluding hydrogens is 448 g/mol. The van der Waals surface area contributed by atoms with E-state index in [1.807, 2.05) is 37.3 Å². The molecule has 6 nitrogen and oxygen atoms in total. The van der Waals surface area contributed by atoms with Crippen LogP contribution >= 0.6 is 11.3 Å². The lowest BCUT2D eigenvalue weighted by Gasteiger charge is -2.24. The summed E-state index contributed by atoms with van der Waals surface area (Å²) in [6, 6.07) is 12.4. The number of thiazole rings is 1. The van der Waals surface area contributed by atoms with Gasteiger partial charge in [-0.3, -0.25) is 14.5 Å². The summed E-state index contributed by atoms with van der Waals surface area (Å²) in [4.78, 5) is 32.1. The number of amides is 1. The van der Waals surface area contributed by atoms with E-state index in [4.69, 9.17) is 4.74 Å². The minimum absolute atomic E-state index is 0.0424. The maximum absolute atomic E-state index is 13.3. The summed E-state index contributed by atoms with van der Waals surface area (Å²) >= 11 is 1.28. The summed E-state index contributed by atoms with van der Waals surface area (Å²) in [5.41, 5.74) is 3.36. The zero-order valence-corrected chi connectivity index (χ0v) is 20.3. The minimum Gasteiger partial charge on any atom is -0.507 e. The van der Waals surface area contributed by atoms with Crippen molar-refractivity contribution in [3.8, 4) is 5.75 Å². The van der Waals surface area contributed by atoms with Gasteiger partial charge in [0, 0.05) is 23.6 Å². The molecule has 174 valence electrons. The molecule has 0 aliphatic carbocycles. The van der Waals surface area contributed by atoms with Crippen LogP contribution in [-0.2, 0) is 21.4 Å². The first kappa shape index (κ1) is 22.3. The number of aliphatic hydroxyl groups excluding tert-OH is 1. The predicted octanol–water partition coefficient (Wildman–Crippen LogP) is 5.39.